The average molecular weight is 319 g/mol. The zero-order valence-electron chi connectivity index (χ0n) is 11.3. The minimum atomic E-state index is -3.62. The first kappa shape index (κ1) is 15.3. The van der Waals surface area contributed by atoms with Gasteiger partial charge in [-0.25, -0.2) is 9.56 Å². The predicted octanol–water partition coefficient (Wildman–Crippen LogP) is 3.99. The van der Waals surface area contributed by atoms with E-state index >= 15 is 0 Å². The number of hydrogen-bond donors (Lipinski definition) is 1. The highest BCUT2D eigenvalue weighted by molar-refractivity contribution is 7.49. The lowest BCUT2D eigenvalue weighted by Crippen LogP contribution is -2.20. The van der Waals surface area contributed by atoms with E-state index in [4.69, 9.17) is 25.2 Å². The van der Waals surface area contributed by atoms with Crippen LogP contribution in [0, 0.1) is 0 Å². The fourth-order valence-corrected chi connectivity index (χ4v) is 3.12. The quantitative estimate of drug-likeness (QED) is 0.831. The van der Waals surface area contributed by atoms with Crippen molar-refractivity contribution in [3.05, 3.63) is 23.2 Å². The Morgan fingerprint density at radius 3 is 2.70 bits per heavy atom. The molecule has 0 aromatic heterocycles. The van der Waals surface area contributed by atoms with Gasteiger partial charge in [0.15, 0.2) is 0 Å². The van der Waals surface area contributed by atoms with Crippen molar-refractivity contribution in [2.75, 3.05) is 25.1 Å². The van der Waals surface area contributed by atoms with Gasteiger partial charge in [-0.1, -0.05) is 17.7 Å². The average Bonchev–Trinajstić information content (AvgIpc) is 2.39. The van der Waals surface area contributed by atoms with Crippen molar-refractivity contribution in [3.63, 3.8) is 0 Å². The summed E-state index contributed by atoms with van der Waals surface area (Å²) in [4.78, 5) is 4.27. The van der Waals surface area contributed by atoms with Gasteiger partial charge in [-0.2, -0.15) is 0 Å². The fraction of sp³-hybridized carbons (Fsp3) is 0.417. The number of nitrogens with zero attached hydrogens (tertiary/aromatic N) is 1. The number of para-hydroxylation sites is 1. The number of benzene rings is 1. The molecule has 0 amide bonds. The third-order valence-electron chi connectivity index (χ3n) is 2.44. The number of phosphoric ester groups is 1. The lowest BCUT2D eigenvalue weighted by atomic mass is 10.2. The van der Waals surface area contributed by atoms with Gasteiger partial charge < -0.3 is 9.84 Å². The largest absolute Gasteiger partial charge is 0.531 e. The third-order valence-corrected chi connectivity index (χ3v) is 4.34. The number of aliphatic imine (C=N–C) groups is 1. The van der Waals surface area contributed by atoms with Gasteiger partial charge >= 0.3 is 7.82 Å². The topological polar surface area (TPSA) is 69.2 Å². The zero-order valence-corrected chi connectivity index (χ0v) is 12.9. The fourth-order valence-electron chi connectivity index (χ4n) is 1.71. The van der Waals surface area contributed by atoms with Crippen LogP contribution in [0.2, 0.25) is 5.02 Å². The smallest absolute Gasteiger partial charge is 0.388 e. The minimum Gasteiger partial charge on any atom is -0.388 e. The molecular weight excluding hydrogens is 303 g/mol. The summed E-state index contributed by atoms with van der Waals surface area (Å²) in [6.45, 7) is 4.14. The number of fused-ring (bicyclic) bond motifs is 1. The van der Waals surface area contributed by atoms with E-state index in [1.807, 2.05) is 0 Å². The number of rotatable bonds is 5. The summed E-state index contributed by atoms with van der Waals surface area (Å²) in [6.07, 6.45) is 0. The number of phosphoric acid groups is 1. The van der Waals surface area contributed by atoms with Crippen LogP contribution in [0.1, 0.15) is 13.8 Å². The molecule has 0 atom stereocenters. The maximum absolute atomic E-state index is 12.3. The number of nitrogens with one attached hydrogen (secondary N) is 1. The van der Waals surface area contributed by atoms with Crippen LogP contribution in [0.3, 0.4) is 0 Å². The number of hydrogen-bond acceptors (Lipinski definition) is 6. The van der Waals surface area contributed by atoms with E-state index in [2.05, 4.69) is 10.3 Å². The molecule has 1 aromatic carbocycles. The number of anilines is 1. The Morgan fingerprint density at radius 1 is 1.35 bits per heavy atom. The molecule has 8 heteroatoms. The van der Waals surface area contributed by atoms with Crippen LogP contribution in [0.5, 0.6) is 0 Å². The minimum absolute atomic E-state index is 0.223. The van der Waals surface area contributed by atoms with Gasteiger partial charge in [0.05, 0.1) is 36.2 Å². The van der Waals surface area contributed by atoms with Gasteiger partial charge in [0, 0.05) is 0 Å². The van der Waals surface area contributed by atoms with Crippen molar-refractivity contribution in [2.45, 2.75) is 13.8 Å². The normalized spacial score (nSPS) is 14.2. The molecule has 110 valence electrons. The Labute approximate surface area is 122 Å². The molecule has 0 unspecified atom stereocenters. The second-order valence-corrected chi connectivity index (χ2v) is 5.87. The standard InChI is InChI=1S/C12H16ClN2O4P/c1-3-17-20(16,18-4-2)19-11-8-14-12-9(13)6-5-7-10(12)15-11/h5-7,14H,3-4,8H2,1-2H3. The lowest BCUT2D eigenvalue weighted by Gasteiger charge is -2.22. The van der Waals surface area contributed by atoms with E-state index in [9.17, 15) is 4.57 Å². The number of halogens is 1. The highest BCUT2D eigenvalue weighted by Gasteiger charge is 2.30. The van der Waals surface area contributed by atoms with Crippen molar-refractivity contribution < 1.29 is 18.1 Å². The molecule has 0 saturated carbocycles. The maximum atomic E-state index is 12.3. The molecule has 1 aliphatic rings. The first-order valence-electron chi connectivity index (χ1n) is 6.26. The van der Waals surface area contributed by atoms with Crippen molar-refractivity contribution in [1.29, 1.82) is 0 Å². The summed E-state index contributed by atoms with van der Waals surface area (Å²) in [5.74, 6) is 0.241. The molecule has 0 fully saturated rings. The van der Waals surface area contributed by atoms with Crippen molar-refractivity contribution in [1.82, 2.24) is 0 Å². The highest BCUT2D eigenvalue weighted by atomic mass is 35.5. The van der Waals surface area contributed by atoms with Gasteiger partial charge in [0.2, 0.25) is 5.90 Å². The second kappa shape index (κ2) is 6.59. The monoisotopic (exact) mass is 318 g/mol. The molecule has 20 heavy (non-hydrogen) atoms. The van der Waals surface area contributed by atoms with Crippen LogP contribution in [0.4, 0.5) is 11.4 Å². The Morgan fingerprint density at radius 2 is 2.05 bits per heavy atom. The highest BCUT2D eigenvalue weighted by Crippen LogP contribution is 2.50. The summed E-state index contributed by atoms with van der Waals surface area (Å²) in [5, 5.41) is 3.64. The van der Waals surface area contributed by atoms with E-state index in [1.165, 1.54) is 0 Å². The maximum Gasteiger partial charge on any atom is 0.531 e. The van der Waals surface area contributed by atoms with Crippen molar-refractivity contribution in [3.8, 4) is 0 Å². The molecule has 1 heterocycles. The molecule has 1 aliphatic heterocycles. The first-order valence-corrected chi connectivity index (χ1v) is 8.10. The molecular formula is C12H16ClN2O4P. The Kier molecular flexibility index (Phi) is 5.05. The summed E-state index contributed by atoms with van der Waals surface area (Å²) in [7, 11) is -3.62. The van der Waals surface area contributed by atoms with Gasteiger partial charge in [-0.3, -0.25) is 9.05 Å². The zero-order chi connectivity index (χ0) is 14.6. The predicted molar refractivity (Wildman–Crippen MR) is 79.0 cm³/mol. The summed E-state index contributed by atoms with van der Waals surface area (Å²) < 4.78 is 27.7. The molecule has 1 N–H and O–H groups in total. The lowest BCUT2D eigenvalue weighted by molar-refractivity contribution is 0.164. The SMILES string of the molecule is CCOP(=O)(OCC)OC1=Nc2cccc(Cl)c2NC1. The van der Waals surface area contributed by atoms with Crippen LogP contribution in [-0.4, -0.2) is 25.7 Å². The van der Waals surface area contributed by atoms with E-state index in [0.29, 0.717) is 10.7 Å². The Hall–Kier alpha value is -1.07. The molecule has 6 nitrogen and oxygen atoms in total. The van der Waals surface area contributed by atoms with Crippen LogP contribution in [0.15, 0.2) is 23.2 Å². The molecule has 2 rings (SSSR count). The van der Waals surface area contributed by atoms with Crippen LogP contribution >= 0.6 is 19.4 Å². The van der Waals surface area contributed by atoms with Gasteiger partial charge in [-0.05, 0) is 26.0 Å². The van der Waals surface area contributed by atoms with Gasteiger partial charge in [-0.15, -0.1) is 0 Å². The Balaban J connectivity index is 2.20. The van der Waals surface area contributed by atoms with E-state index < -0.39 is 7.82 Å². The van der Waals surface area contributed by atoms with Crippen LogP contribution in [-0.2, 0) is 18.1 Å². The molecule has 0 radical (unpaired) electrons. The summed E-state index contributed by atoms with van der Waals surface area (Å²) >= 11 is 6.05. The van der Waals surface area contributed by atoms with Crippen LogP contribution in [0.25, 0.3) is 0 Å². The molecule has 0 bridgehead atoms. The molecule has 0 spiro atoms. The van der Waals surface area contributed by atoms with Crippen LogP contribution < -0.4 is 5.32 Å². The van der Waals surface area contributed by atoms with Crippen molar-refractivity contribution in [2.24, 2.45) is 4.99 Å². The first-order chi connectivity index (χ1) is 9.58. The Bertz CT molecular complexity index is 554. The molecule has 0 aliphatic carbocycles. The van der Waals surface area contributed by atoms with E-state index in [-0.39, 0.29) is 25.7 Å². The van der Waals surface area contributed by atoms with Gasteiger partial charge in [0.1, 0.15) is 0 Å². The second-order valence-electron chi connectivity index (χ2n) is 3.87. The van der Waals surface area contributed by atoms with Gasteiger partial charge in [0.25, 0.3) is 0 Å². The summed E-state index contributed by atoms with van der Waals surface area (Å²) in [5.41, 5.74) is 1.35. The van der Waals surface area contributed by atoms with Crippen molar-refractivity contribution >= 4 is 36.7 Å². The van der Waals surface area contributed by atoms with E-state index in [0.717, 1.165) is 5.69 Å². The molecule has 0 saturated heterocycles. The molecule has 1 aromatic rings. The third kappa shape index (κ3) is 3.52. The van der Waals surface area contributed by atoms with E-state index in [1.54, 1.807) is 32.0 Å². The summed E-state index contributed by atoms with van der Waals surface area (Å²) in [6, 6.07) is 5.32.